The number of carbonyl (C=O) groups is 6. The Bertz CT molecular complexity index is 2300. The number of hydrogen-bond donors (Lipinski definition) is 17. The van der Waals surface area contributed by atoms with Crippen molar-refractivity contribution in [1.82, 2.24) is 36.6 Å². The topological polar surface area (TPSA) is 537 Å². The lowest BCUT2D eigenvalue weighted by Crippen LogP contribution is -2.58. The van der Waals surface area contributed by atoms with Crippen LogP contribution >= 0.6 is 0 Å². The van der Waals surface area contributed by atoms with E-state index >= 15 is 0 Å². The highest BCUT2D eigenvalue weighted by Crippen LogP contribution is 2.17. The van der Waals surface area contributed by atoms with E-state index in [1.165, 1.54) is 42.7 Å². The molecule has 1 heterocycles. The molecule has 0 spiro atoms. The van der Waals surface area contributed by atoms with Gasteiger partial charge in [-0.05, 0) is 29.3 Å². The summed E-state index contributed by atoms with van der Waals surface area (Å²) in [6, 6.07) is 13.9. The number of aliphatic imine (C=N–C) groups is 4. The maximum Gasteiger partial charge on any atom is 0.271 e. The Kier molecular flexibility index (Phi) is 19.3. The molecule has 1 aromatic heterocycles. The van der Waals surface area contributed by atoms with E-state index in [9.17, 15) is 33.9 Å². The van der Waals surface area contributed by atoms with Gasteiger partial charge < -0.3 is 88.2 Å². The molecule has 3 rings (SSSR count). The van der Waals surface area contributed by atoms with Gasteiger partial charge >= 0.3 is 0 Å². The van der Waals surface area contributed by atoms with Crippen LogP contribution in [0.25, 0.3) is 6.08 Å². The minimum Gasteiger partial charge on any atom is -0.370 e. The minimum absolute atomic E-state index is 0.0833. The fourth-order valence-electron chi connectivity index (χ4n) is 5.14. The Balaban J connectivity index is 1.90. The van der Waals surface area contributed by atoms with Crippen LogP contribution in [0.2, 0.25) is 0 Å². The van der Waals surface area contributed by atoms with E-state index in [2.05, 4.69) is 56.4 Å². The maximum absolute atomic E-state index is 14.1. The van der Waals surface area contributed by atoms with Crippen LogP contribution in [-0.4, -0.2) is 117 Å². The van der Waals surface area contributed by atoms with Crippen molar-refractivity contribution in [2.24, 2.45) is 71.6 Å². The van der Waals surface area contributed by atoms with Crippen LogP contribution < -0.4 is 88.6 Å². The highest BCUT2D eigenvalue weighted by molar-refractivity contribution is 5.99. The number of guanidine groups is 4. The average molecular weight is 921 g/mol. The van der Waals surface area contributed by atoms with Gasteiger partial charge in [0.05, 0.1) is 5.69 Å². The van der Waals surface area contributed by atoms with Crippen molar-refractivity contribution in [3.8, 4) is 0 Å². The normalized spacial score (nSPS) is 13.3. The summed E-state index contributed by atoms with van der Waals surface area (Å²) in [5.74, 6) is -10.6. The molecule has 31 nitrogen and oxygen atoms in total. The van der Waals surface area contributed by atoms with E-state index in [0.29, 0.717) is 11.3 Å². The van der Waals surface area contributed by atoms with Crippen LogP contribution in [0.1, 0.15) is 17.2 Å². The number of aliphatic hydroxyl groups is 1. The number of carbonyl (C=O) groups excluding carboxylic acids is 6. The number of aromatic nitrogens is 2. The summed E-state index contributed by atoms with van der Waals surface area (Å²) in [6.07, 6.45) is -4.26. The molecule has 6 unspecified atom stereocenters. The number of rotatable bonds is 23. The van der Waals surface area contributed by atoms with Crippen molar-refractivity contribution in [3.05, 3.63) is 90.3 Å². The Morgan fingerprint density at radius 1 is 0.606 bits per heavy atom. The van der Waals surface area contributed by atoms with Crippen LogP contribution in [-0.2, 0) is 33.8 Å². The predicted molar refractivity (Wildman–Crippen MR) is 236 cm³/mol. The van der Waals surface area contributed by atoms with Gasteiger partial charge in [-0.2, -0.15) is 0 Å². The molecule has 0 fully saturated rings. The molecule has 0 saturated carbocycles. The molecule has 6 atom stereocenters. The monoisotopic (exact) mass is 920 g/mol. The quantitative estimate of drug-likeness (QED) is 0.0138. The number of nitrogens with zero attached hydrogens (tertiary/aromatic N) is 7. The molecule has 0 saturated heterocycles. The van der Waals surface area contributed by atoms with Gasteiger partial charge in [0.25, 0.3) is 29.5 Å². The highest BCUT2D eigenvalue weighted by Gasteiger charge is 2.35. The second-order valence-electron chi connectivity index (χ2n) is 12.9. The molecule has 6 amide bonds. The number of aliphatic hydroxyl groups excluding tert-OH is 1. The molecule has 31 heteroatoms. The largest absolute Gasteiger partial charge is 0.370 e. The lowest BCUT2D eigenvalue weighted by Gasteiger charge is -2.28. The van der Waals surface area contributed by atoms with Crippen molar-refractivity contribution in [2.45, 2.75) is 36.9 Å². The number of nitrogens with one attached hydrogen (secondary N) is 6. The van der Waals surface area contributed by atoms with E-state index in [1.54, 1.807) is 42.5 Å². The number of nitrogens with two attached hydrogens (primary N) is 9. The molecule has 3 aromatic rings. The van der Waals surface area contributed by atoms with E-state index in [-0.39, 0.29) is 18.1 Å². The summed E-state index contributed by atoms with van der Waals surface area (Å²) in [5.41, 5.74) is 52.2. The number of anilines is 2. The van der Waals surface area contributed by atoms with Crippen molar-refractivity contribution >= 4 is 77.0 Å². The Hall–Kier alpha value is -9.36. The van der Waals surface area contributed by atoms with E-state index < -0.39 is 96.2 Å². The highest BCUT2D eigenvalue weighted by atomic mass is 17.2. The van der Waals surface area contributed by atoms with Gasteiger partial charge in [-0.1, -0.05) is 54.6 Å². The number of benzene rings is 2. The van der Waals surface area contributed by atoms with Crippen LogP contribution in [0, 0.1) is 0 Å². The van der Waals surface area contributed by atoms with E-state index in [1.807, 2.05) is 10.6 Å². The van der Waals surface area contributed by atoms with Gasteiger partial charge in [0.1, 0.15) is 6.04 Å². The zero-order chi connectivity index (χ0) is 48.9. The molecule has 66 heavy (non-hydrogen) atoms. The first-order valence-corrected chi connectivity index (χ1v) is 18.5. The zero-order valence-corrected chi connectivity index (χ0v) is 34.3. The van der Waals surface area contributed by atoms with Gasteiger partial charge in [-0.3, -0.25) is 28.8 Å². The van der Waals surface area contributed by atoms with Crippen molar-refractivity contribution in [2.75, 3.05) is 16.9 Å². The van der Waals surface area contributed by atoms with E-state index in [4.69, 9.17) is 56.9 Å². The molecule has 352 valence electrons. The lowest BCUT2D eigenvalue weighted by atomic mass is 10.1. The van der Waals surface area contributed by atoms with Gasteiger partial charge in [0.2, 0.25) is 42.7 Å². The summed E-state index contributed by atoms with van der Waals surface area (Å²) in [6.45, 7) is -0.152. The first-order valence-electron chi connectivity index (χ1n) is 18.5. The standard InChI is InChI=1S/C35H48N22O9/c36-20(58)21(52-31(37)38)48-26(60)23(54-33(41)42)50-28(62)24(55-34(43)44)51-27(61)22(53-32(39)40)49-25(59)19(17-7-2-1-3-8-17)47-29(63)30(64)57(35-45-13-5-14-46-35)15-4-6-16-9-11-18(12-10-16)56-66-65/h1-14,19,21-24,30,56,64-65H,15H2,(H2,36,58)(H,47,63)(H,48,60)(H,49,59)(H,50,62)(H,51,61)(H4,37,38,52)(H4,39,40,53)(H4,41,42,54)(H4,43,44,55)/b6-4-. The first-order chi connectivity index (χ1) is 31.3. The van der Waals surface area contributed by atoms with Gasteiger partial charge in [-0.25, -0.2) is 40.7 Å². The summed E-state index contributed by atoms with van der Waals surface area (Å²) in [5, 5.41) is 30.8. The lowest BCUT2D eigenvalue weighted by molar-refractivity contribution is -0.215. The predicted octanol–water partition coefficient (Wildman–Crippen LogP) is -7.66. The second kappa shape index (κ2) is 24.9. The Morgan fingerprint density at radius 2 is 1.06 bits per heavy atom. The summed E-state index contributed by atoms with van der Waals surface area (Å²) in [7, 11) is 0. The third-order valence-corrected chi connectivity index (χ3v) is 7.95. The third kappa shape index (κ3) is 16.5. The number of amides is 6. The smallest absolute Gasteiger partial charge is 0.271 e. The zero-order valence-electron chi connectivity index (χ0n) is 34.3. The van der Waals surface area contributed by atoms with Crippen LogP contribution in [0.5, 0.6) is 0 Å². The second-order valence-corrected chi connectivity index (χ2v) is 12.9. The molecule has 2 aromatic carbocycles. The SMILES string of the molecule is NC(=O)C(N=C(N)N)NC(=O)C(N=C(N)N)NC(=O)C(N=C(N)N)NC(=O)C(N=C(N)N)NC(=O)C(NC(=O)C(O)N(C/C=C\c1ccc(NOO)cc1)c1ncccn1)c1ccccc1. The Morgan fingerprint density at radius 3 is 1.52 bits per heavy atom. The van der Waals surface area contributed by atoms with Crippen molar-refractivity contribution in [1.29, 1.82) is 0 Å². The third-order valence-electron chi connectivity index (χ3n) is 7.95. The van der Waals surface area contributed by atoms with Crippen molar-refractivity contribution in [3.63, 3.8) is 0 Å². The molecular formula is C35H48N22O9. The average Bonchev–Trinajstić information content (AvgIpc) is 3.26. The molecule has 0 aliphatic carbocycles. The van der Waals surface area contributed by atoms with Gasteiger partial charge in [-0.15, -0.1) is 4.99 Å². The molecule has 26 N–H and O–H groups in total. The minimum atomic E-state index is -2.15. The Labute approximate surface area is 372 Å². The molecule has 0 aliphatic heterocycles. The summed E-state index contributed by atoms with van der Waals surface area (Å²) in [4.78, 5) is 108. The molecule has 0 bridgehead atoms. The number of hydrogen-bond acceptors (Lipinski definition) is 17. The van der Waals surface area contributed by atoms with Gasteiger partial charge in [0.15, 0.2) is 23.8 Å². The van der Waals surface area contributed by atoms with Crippen molar-refractivity contribution < 1.29 is 44.1 Å². The molecule has 0 radical (unpaired) electrons. The molecule has 0 aliphatic rings. The summed E-state index contributed by atoms with van der Waals surface area (Å²) < 4.78 is 0. The maximum atomic E-state index is 14.1. The van der Waals surface area contributed by atoms with Crippen LogP contribution in [0.3, 0.4) is 0 Å². The summed E-state index contributed by atoms with van der Waals surface area (Å²) >= 11 is 0. The number of primary amides is 1. The first kappa shape index (κ1) is 51.0. The molecular weight excluding hydrogens is 873 g/mol. The van der Waals surface area contributed by atoms with E-state index in [0.717, 1.165) is 4.90 Å². The van der Waals surface area contributed by atoms with Crippen LogP contribution in [0.4, 0.5) is 11.6 Å². The van der Waals surface area contributed by atoms with Crippen LogP contribution in [0.15, 0.2) is 99.1 Å². The fourth-order valence-corrected chi connectivity index (χ4v) is 5.14. The fraction of sp³-hybridized carbons (Fsp3) is 0.200. The van der Waals surface area contributed by atoms with Gasteiger partial charge in [0, 0.05) is 18.9 Å².